The Hall–Kier alpha value is -0.940. The lowest BCUT2D eigenvalue weighted by molar-refractivity contribution is 0.0668. The second-order valence-electron chi connectivity index (χ2n) is 4.91. The number of amides is 1. The van der Waals surface area contributed by atoms with E-state index in [4.69, 9.17) is 0 Å². The summed E-state index contributed by atoms with van der Waals surface area (Å²) in [7, 11) is 1.91. The summed E-state index contributed by atoms with van der Waals surface area (Å²) >= 11 is 3.26. The van der Waals surface area contributed by atoms with Crippen LogP contribution in [0.4, 0.5) is 4.39 Å². The molecule has 0 bridgehead atoms. The molecule has 0 radical (unpaired) electrons. The lowest BCUT2D eigenvalue weighted by Crippen LogP contribution is -2.42. The molecule has 0 saturated carbocycles. The maximum atomic E-state index is 13.8. The minimum Gasteiger partial charge on any atom is -0.338 e. The van der Waals surface area contributed by atoms with Crippen LogP contribution in [0.15, 0.2) is 22.7 Å². The molecule has 1 heterocycles. The molecule has 1 N–H and O–H groups in total. The van der Waals surface area contributed by atoms with Gasteiger partial charge in [0.25, 0.3) is 5.91 Å². The van der Waals surface area contributed by atoms with Crippen molar-refractivity contribution in [2.75, 3.05) is 26.7 Å². The number of nitrogens with one attached hydrogen (secondary N) is 1. The fraction of sp³-hybridized carbons (Fsp3) is 0.500. The third-order valence-corrected chi connectivity index (χ3v) is 4.14. The van der Waals surface area contributed by atoms with E-state index in [9.17, 15) is 9.18 Å². The van der Waals surface area contributed by atoms with Gasteiger partial charge in [-0.3, -0.25) is 4.79 Å². The second-order valence-corrected chi connectivity index (χ2v) is 5.77. The van der Waals surface area contributed by atoms with Crippen molar-refractivity contribution >= 4 is 21.8 Å². The Labute approximate surface area is 121 Å². The van der Waals surface area contributed by atoms with E-state index in [1.807, 2.05) is 7.05 Å². The van der Waals surface area contributed by atoms with Gasteiger partial charge >= 0.3 is 0 Å². The number of likely N-dealkylation sites (tertiary alicyclic amines) is 1. The van der Waals surface area contributed by atoms with Crippen LogP contribution in [0.5, 0.6) is 0 Å². The molecule has 0 spiro atoms. The zero-order valence-electron chi connectivity index (χ0n) is 11.0. The fourth-order valence-electron chi connectivity index (χ4n) is 2.57. The summed E-state index contributed by atoms with van der Waals surface area (Å²) in [4.78, 5) is 14.2. The SMILES string of the molecule is CNC[C@H]1CCCN(C(=O)c2c(F)cccc2Br)C1. The van der Waals surface area contributed by atoms with Gasteiger partial charge in [0.2, 0.25) is 0 Å². The maximum Gasteiger partial charge on any atom is 0.257 e. The zero-order chi connectivity index (χ0) is 13.8. The Bertz CT molecular complexity index is 445. The topological polar surface area (TPSA) is 32.3 Å². The number of carbonyl (C=O) groups excluding carboxylic acids is 1. The molecule has 1 atom stereocenters. The van der Waals surface area contributed by atoms with Gasteiger partial charge in [-0.1, -0.05) is 6.07 Å². The smallest absolute Gasteiger partial charge is 0.257 e. The molecule has 1 aliphatic heterocycles. The highest BCUT2D eigenvalue weighted by Crippen LogP contribution is 2.24. The van der Waals surface area contributed by atoms with Crippen molar-refractivity contribution in [3.05, 3.63) is 34.1 Å². The first-order valence-corrected chi connectivity index (χ1v) is 7.30. The number of benzene rings is 1. The van der Waals surface area contributed by atoms with Gasteiger partial charge in [-0.2, -0.15) is 0 Å². The predicted molar refractivity (Wildman–Crippen MR) is 76.7 cm³/mol. The molecule has 1 aromatic carbocycles. The van der Waals surface area contributed by atoms with Gasteiger partial charge < -0.3 is 10.2 Å². The monoisotopic (exact) mass is 328 g/mol. The van der Waals surface area contributed by atoms with Crippen LogP contribution in [-0.4, -0.2) is 37.5 Å². The van der Waals surface area contributed by atoms with Crippen LogP contribution < -0.4 is 5.32 Å². The van der Waals surface area contributed by atoms with Gasteiger partial charge in [-0.25, -0.2) is 4.39 Å². The van der Waals surface area contributed by atoms with E-state index in [1.165, 1.54) is 6.07 Å². The lowest BCUT2D eigenvalue weighted by Gasteiger charge is -2.33. The van der Waals surface area contributed by atoms with E-state index < -0.39 is 5.82 Å². The summed E-state index contributed by atoms with van der Waals surface area (Å²) < 4.78 is 14.3. The molecule has 1 fully saturated rings. The summed E-state index contributed by atoms with van der Waals surface area (Å²) in [6.07, 6.45) is 2.09. The molecular formula is C14H18BrFN2O. The number of nitrogens with zero attached hydrogens (tertiary/aromatic N) is 1. The predicted octanol–water partition coefficient (Wildman–Crippen LogP) is 2.66. The van der Waals surface area contributed by atoms with Gasteiger partial charge in [0.05, 0.1) is 5.56 Å². The average Bonchev–Trinajstić information content (AvgIpc) is 2.39. The molecule has 0 unspecified atom stereocenters. The van der Waals surface area contributed by atoms with Gasteiger partial charge in [0, 0.05) is 17.6 Å². The number of halogens is 2. The first kappa shape index (κ1) is 14.5. The number of carbonyl (C=O) groups is 1. The van der Waals surface area contributed by atoms with E-state index in [0.29, 0.717) is 23.5 Å². The molecule has 19 heavy (non-hydrogen) atoms. The van der Waals surface area contributed by atoms with Crippen LogP contribution >= 0.6 is 15.9 Å². The van der Waals surface area contributed by atoms with Crippen molar-refractivity contribution in [1.29, 1.82) is 0 Å². The molecule has 0 aromatic heterocycles. The van der Waals surface area contributed by atoms with Crippen molar-refractivity contribution in [1.82, 2.24) is 10.2 Å². The Morgan fingerprint density at radius 2 is 2.37 bits per heavy atom. The quantitative estimate of drug-likeness (QED) is 0.925. The molecular weight excluding hydrogens is 311 g/mol. The lowest BCUT2D eigenvalue weighted by atomic mass is 9.97. The molecule has 1 aromatic rings. The van der Waals surface area contributed by atoms with E-state index in [2.05, 4.69) is 21.2 Å². The highest BCUT2D eigenvalue weighted by atomic mass is 79.9. The molecule has 2 rings (SSSR count). The summed E-state index contributed by atoms with van der Waals surface area (Å²) in [5, 5.41) is 3.14. The van der Waals surface area contributed by atoms with Gasteiger partial charge in [0.15, 0.2) is 0 Å². The molecule has 104 valence electrons. The molecule has 5 heteroatoms. The highest BCUT2D eigenvalue weighted by Gasteiger charge is 2.26. The van der Waals surface area contributed by atoms with Crippen LogP contribution in [0.3, 0.4) is 0 Å². The zero-order valence-corrected chi connectivity index (χ0v) is 12.5. The average molecular weight is 329 g/mol. The van der Waals surface area contributed by atoms with Crippen LogP contribution in [0.25, 0.3) is 0 Å². The van der Waals surface area contributed by atoms with Gasteiger partial charge in [-0.15, -0.1) is 0 Å². The summed E-state index contributed by atoms with van der Waals surface area (Å²) in [5.41, 5.74) is 0.146. The van der Waals surface area contributed by atoms with E-state index in [0.717, 1.165) is 19.4 Å². The summed E-state index contributed by atoms with van der Waals surface area (Å²) in [5.74, 6) is -0.228. The van der Waals surface area contributed by atoms with Gasteiger partial charge in [-0.05, 0) is 60.4 Å². The summed E-state index contributed by atoms with van der Waals surface area (Å²) in [6, 6.07) is 4.62. The Morgan fingerprint density at radius 1 is 1.58 bits per heavy atom. The highest BCUT2D eigenvalue weighted by molar-refractivity contribution is 9.10. The molecule has 0 aliphatic carbocycles. The van der Waals surface area contributed by atoms with Crippen LogP contribution in [0, 0.1) is 11.7 Å². The Balaban J connectivity index is 2.15. The number of piperidine rings is 1. The van der Waals surface area contributed by atoms with Crippen LogP contribution in [0.1, 0.15) is 23.2 Å². The first-order chi connectivity index (χ1) is 9.13. The third-order valence-electron chi connectivity index (χ3n) is 3.48. The van der Waals surface area contributed by atoms with Crippen LogP contribution in [0.2, 0.25) is 0 Å². The Kier molecular flexibility index (Phi) is 4.93. The van der Waals surface area contributed by atoms with Crippen LogP contribution in [-0.2, 0) is 0 Å². The number of hydrogen-bond acceptors (Lipinski definition) is 2. The van der Waals surface area contributed by atoms with E-state index in [-0.39, 0.29) is 11.5 Å². The van der Waals surface area contributed by atoms with Crippen molar-refractivity contribution in [2.45, 2.75) is 12.8 Å². The Morgan fingerprint density at radius 3 is 3.05 bits per heavy atom. The first-order valence-electron chi connectivity index (χ1n) is 6.51. The van der Waals surface area contributed by atoms with Crippen molar-refractivity contribution in [2.24, 2.45) is 5.92 Å². The third kappa shape index (κ3) is 3.34. The molecule has 3 nitrogen and oxygen atoms in total. The second kappa shape index (κ2) is 6.48. The van der Waals surface area contributed by atoms with Crippen molar-refractivity contribution in [3.8, 4) is 0 Å². The normalized spacial score (nSPS) is 19.5. The molecule has 1 amide bonds. The molecule has 1 saturated heterocycles. The fourth-order valence-corrected chi connectivity index (χ4v) is 3.08. The largest absolute Gasteiger partial charge is 0.338 e. The van der Waals surface area contributed by atoms with Crippen molar-refractivity contribution < 1.29 is 9.18 Å². The van der Waals surface area contributed by atoms with E-state index >= 15 is 0 Å². The van der Waals surface area contributed by atoms with Crippen molar-refractivity contribution in [3.63, 3.8) is 0 Å². The van der Waals surface area contributed by atoms with E-state index in [1.54, 1.807) is 17.0 Å². The standard InChI is InChI=1S/C14H18BrFN2O/c1-17-8-10-4-3-7-18(9-10)14(19)13-11(15)5-2-6-12(13)16/h2,5-6,10,17H,3-4,7-9H2,1H3/t10-/m1/s1. The molecule has 1 aliphatic rings. The maximum absolute atomic E-state index is 13.8. The number of hydrogen-bond donors (Lipinski definition) is 1. The minimum atomic E-state index is -0.463. The summed E-state index contributed by atoms with van der Waals surface area (Å²) in [6.45, 7) is 2.29. The number of rotatable bonds is 3. The van der Waals surface area contributed by atoms with Gasteiger partial charge in [0.1, 0.15) is 5.82 Å². The minimum absolute atomic E-state index is 0.146.